The van der Waals surface area contributed by atoms with E-state index in [0.717, 1.165) is 29.8 Å². The van der Waals surface area contributed by atoms with E-state index in [-0.39, 0.29) is 5.78 Å². The number of fused-ring (bicyclic) bond motifs is 1. The third-order valence-electron chi connectivity index (χ3n) is 5.83. The van der Waals surface area contributed by atoms with E-state index in [9.17, 15) is 9.59 Å². The fourth-order valence-corrected chi connectivity index (χ4v) is 4.65. The van der Waals surface area contributed by atoms with Gasteiger partial charge in [0.2, 0.25) is 0 Å². The molecular formula is C25H22ClN3O3. The van der Waals surface area contributed by atoms with Crippen LogP contribution in [0.4, 0.5) is 21.9 Å². The predicted octanol–water partition coefficient (Wildman–Crippen LogP) is 6.45. The normalized spacial score (nSPS) is 17.9. The number of hydrogen-bond acceptors (Lipinski definition) is 4. The monoisotopic (exact) mass is 447 g/mol. The first-order chi connectivity index (χ1) is 15.5. The standard InChI is InChI=1S/C25H22ClN3O3/c1-15-11-12-17(16(26)14-15)28-25(31)29-20-8-3-2-6-18(20)27-19-7-4-9-21(30)23(19)24(29)22-10-5-13-32-22/h2-3,5-6,8,10-14,24,27H,4,7,9H2,1H3,(H,28,31)/t24-/m1/s1. The molecule has 0 saturated heterocycles. The number of allylic oxidation sites excluding steroid dienone is 1. The number of ketones is 1. The summed E-state index contributed by atoms with van der Waals surface area (Å²) < 4.78 is 5.75. The van der Waals surface area contributed by atoms with Crippen LogP contribution >= 0.6 is 11.6 Å². The van der Waals surface area contributed by atoms with Crippen molar-refractivity contribution in [2.45, 2.75) is 32.2 Å². The molecule has 7 heteroatoms. The minimum atomic E-state index is -0.701. The van der Waals surface area contributed by atoms with Gasteiger partial charge in [-0.1, -0.05) is 29.8 Å². The van der Waals surface area contributed by atoms with E-state index in [0.29, 0.717) is 34.2 Å². The van der Waals surface area contributed by atoms with Crippen LogP contribution in [0.2, 0.25) is 5.02 Å². The van der Waals surface area contributed by atoms with Crippen LogP contribution in [0.1, 0.15) is 36.6 Å². The minimum absolute atomic E-state index is 0.0131. The topological polar surface area (TPSA) is 74.6 Å². The van der Waals surface area contributed by atoms with Gasteiger partial charge < -0.3 is 15.1 Å². The van der Waals surface area contributed by atoms with Crippen molar-refractivity contribution in [3.05, 3.63) is 88.5 Å². The number of nitrogens with one attached hydrogen (secondary N) is 2. The second kappa shape index (κ2) is 8.20. The van der Waals surface area contributed by atoms with Crippen molar-refractivity contribution in [3.63, 3.8) is 0 Å². The minimum Gasteiger partial charge on any atom is -0.467 e. The lowest BCUT2D eigenvalue weighted by Crippen LogP contribution is -2.40. The number of aryl methyl sites for hydroxylation is 1. The van der Waals surface area contributed by atoms with Crippen LogP contribution < -0.4 is 15.5 Å². The number of hydrogen-bond donors (Lipinski definition) is 2. The smallest absolute Gasteiger partial charge is 0.327 e. The predicted molar refractivity (Wildman–Crippen MR) is 125 cm³/mol. The summed E-state index contributed by atoms with van der Waals surface area (Å²) in [6.07, 6.45) is 3.49. The fourth-order valence-electron chi connectivity index (χ4n) is 4.37. The Morgan fingerprint density at radius 2 is 2.00 bits per heavy atom. The third kappa shape index (κ3) is 3.56. The highest BCUT2D eigenvalue weighted by atomic mass is 35.5. The summed E-state index contributed by atoms with van der Waals surface area (Å²) in [4.78, 5) is 28.5. The van der Waals surface area contributed by atoms with E-state index in [1.54, 1.807) is 35.4 Å². The van der Waals surface area contributed by atoms with Crippen LogP contribution in [0.3, 0.4) is 0 Å². The van der Waals surface area contributed by atoms with Crippen LogP contribution in [-0.2, 0) is 4.79 Å². The van der Waals surface area contributed by atoms with E-state index in [1.165, 1.54) is 0 Å². The number of rotatable bonds is 2. The van der Waals surface area contributed by atoms with E-state index in [4.69, 9.17) is 16.0 Å². The maximum absolute atomic E-state index is 13.8. The van der Waals surface area contributed by atoms with E-state index < -0.39 is 12.1 Å². The Morgan fingerprint density at radius 3 is 2.78 bits per heavy atom. The maximum Gasteiger partial charge on any atom is 0.327 e. The molecule has 5 rings (SSSR count). The molecule has 32 heavy (non-hydrogen) atoms. The second-order valence-corrected chi connectivity index (χ2v) is 8.42. The molecule has 2 heterocycles. The number of carbonyl (C=O) groups excluding carboxylic acids is 2. The number of Topliss-reactive ketones (excluding diaryl/α,β-unsaturated/α-hetero) is 1. The van der Waals surface area contributed by atoms with Crippen LogP contribution in [0.15, 0.2) is 76.5 Å². The van der Waals surface area contributed by atoms with Crippen molar-refractivity contribution < 1.29 is 14.0 Å². The molecule has 2 N–H and O–H groups in total. The van der Waals surface area contributed by atoms with Gasteiger partial charge in [-0.2, -0.15) is 0 Å². The Labute approximate surface area is 190 Å². The fraction of sp³-hybridized carbons (Fsp3) is 0.200. The summed E-state index contributed by atoms with van der Waals surface area (Å²) in [6, 6.07) is 15.4. The number of amides is 2. The Morgan fingerprint density at radius 1 is 1.16 bits per heavy atom. The molecule has 1 aromatic heterocycles. The first-order valence-electron chi connectivity index (χ1n) is 10.5. The molecule has 1 aliphatic carbocycles. The van der Waals surface area contributed by atoms with Crippen molar-refractivity contribution >= 4 is 40.5 Å². The Bertz CT molecular complexity index is 1230. The van der Waals surface area contributed by atoms with Crippen LogP contribution in [0, 0.1) is 6.92 Å². The van der Waals surface area contributed by atoms with Crippen molar-refractivity contribution in [2.75, 3.05) is 15.5 Å². The highest BCUT2D eigenvalue weighted by molar-refractivity contribution is 6.34. The quantitative estimate of drug-likeness (QED) is 0.473. The average molecular weight is 448 g/mol. The van der Waals surface area contributed by atoms with Gasteiger partial charge in [-0.05, 0) is 61.7 Å². The maximum atomic E-state index is 13.8. The molecule has 1 atom stereocenters. The summed E-state index contributed by atoms with van der Waals surface area (Å²) in [5, 5.41) is 6.80. The number of halogens is 1. The van der Waals surface area contributed by atoms with Crippen LogP contribution in [-0.4, -0.2) is 11.8 Å². The Hall–Kier alpha value is -3.51. The lowest BCUT2D eigenvalue weighted by atomic mass is 9.88. The number of urea groups is 1. The molecule has 2 aliphatic rings. The molecule has 0 unspecified atom stereocenters. The molecule has 0 spiro atoms. The number of furan rings is 1. The molecule has 0 bridgehead atoms. The molecule has 0 radical (unpaired) electrons. The lowest BCUT2D eigenvalue weighted by Gasteiger charge is -2.32. The van der Waals surface area contributed by atoms with Gasteiger partial charge in [-0.15, -0.1) is 0 Å². The summed E-state index contributed by atoms with van der Waals surface area (Å²) in [7, 11) is 0. The molecular weight excluding hydrogens is 426 g/mol. The number of anilines is 3. The van der Waals surface area contributed by atoms with Gasteiger partial charge in [-0.3, -0.25) is 9.69 Å². The third-order valence-corrected chi connectivity index (χ3v) is 6.15. The van der Waals surface area contributed by atoms with E-state index >= 15 is 0 Å². The summed E-state index contributed by atoms with van der Waals surface area (Å²) in [5.41, 5.74) is 4.30. The number of carbonyl (C=O) groups is 2. The second-order valence-electron chi connectivity index (χ2n) is 8.01. The van der Waals surface area contributed by atoms with E-state index in [2.05, 4.69) is 10.6 Å². The van der Waals surface area contributed by atoms with Crippen molar-refractivity contribution in [2.24, 2.45) is 0 Å². The molecule has 0 saturated carbocycles. The van der Waals surface area contributed by atoms with Gasteiger partial charge in [0.1, 0.15) is 11.8 Å². The molecule has 1 aliphatic heterocycles. The highest BCUT2D eigenvalue weighted by Gasteiger charge is 2.41. The van der Waals surface area contributed by atoms with Crippen molar-refractivity contribution in [1.29, 1.82) is 0 Å². The summed E-state index contributed by atoms with van der Waals surface area (Å²) >= 11 is 6.39. The van der Waals surface area contributed by atoms with Gasteiger partial charge in [0, 0.05) is 17.7 Å². The molecule has 6 nitrogen and oxygen atoms in total. The number of nitrogens with zero attached hydrogens (tertiary/aromatic N) is 1. The molecule has 2 amide bonds. The average Bonchev–Trinajstić information content (AvgIpc) is 3.25. The SMILES string of the molecule is Cc1ccc(NC(=O)N2c3ccccc3NC3=C(C(=O)CCC3)[C@H]2c2ccco2)c(Cl)c1. The molecule has 162 valence electrons. The molecule has 0 fully saturated rings. The zero-order chi connectivity index (χ0) is 22.2. The summed E-state index contributed by atoms with van der Waals surface area (Å²) in [6.45, 7) is 1.93. The zero-order valence-corrected chi connectivity index (χ0v) is 18.3. The van der Waals surface area contributed by atoms with Crippen molar-refractivity contribution in [3.8, 4) is 0 Å². The first kappa shape index (κ1) is 20.4. The van der Waals surface area contributed by atoms with Crippen molar-refractivity contribution in [1.82, 2.24) is 0 Å². The van der Waals surface area contributed by atoms with Crippen LogP contribution in [0.25, 0.3) is 0 Å². The lowest BCUT2D eigenvalue weighted by molar-refractivity contribution is -0.116. The molecule has 2 aromatic carbocycles. The van der Waals surface area contributed by atoms with Gasteiger partial charge >= 0.3 is 6.03 Å². The van der Waals surface area contributed by atoms with E-state index in [1.807, 2.05) is 37.3 Å². The van der Waals surface area contributed by atoms with Gasteiger partial charge in [0.25, 0.3) is 0 Å². The molecule has 3 aromatic rings. The van der Waals surface area contributed by atoms with Gasteiger partial charge in [-0.25, -0.2) is 4.79 Å². The summed E-state index contributed by atoms with van der Waals surface area (Å²) in [5.74, 6) is 0.538. The highest BCUT2D eigenvalue weighted by Crippen LogP contribution is 2.45. The largest absolute Gasteiger partial charge is 0.467 e. The Balaban J connectivity index is 1.67. The Kier molecular flexibility index (Phi) is 5.23. The number of benzene rings is 2. The number of para-hydroxylation sites is 2. The zero-order valence-electron chi connectivity index (χ0n) is 17.5. The van der Waals surface area contributed by atoms with Crippen LogP contribution in [0.5, 0.6) is 0 Å². The van der Waals surface area contributed by atoms with Gasteiger partial charge in [0.05, 0.1) is 28.3 Å². The first-order valence-corrected chi connectivity index (χ1v) is 10.9. The van der Waals surface area contributed by atoms with Gasteiger partial charge in [0.15, 0.2) is 5.78 Å².